The van der Waals surface area contributed by atoms with E-state index in [4.69, 9.17) is 15.6 Å². The number of aromatic hydroxyl groups is 1. The number of phenols is 1. The molecule has 0 spiro atoms. The zero-order valence-corrected chi connectivity index (χ0v) is 21.8. The quantitative estimate of drug-likeness (QED) is 0.352. The number of ether oxygens (including phenoxy) is 1. The average molecular weight is 517 g/mol. The summed E-state index contributed by atoms with van der Waals surface area (Å²) in [4.78, 5) is 24.6. The zero-order chi connectivity index (χ0) is 27.2. The largest absolute Gasteiger partial charge is 0.508 e. The molecule has 38 heavy (non-hydrogen) atoms. The van der Waals surface area contributed by atoms with Gasteiger partial charge in [-0.25, -0.2) is 9.18 Å². The number of aryl methyl sites for hydroxylation is 1. The Bertz CT molecular complexity index is 1670. The zero-order valence-electron chi connectivity index (χ0n) is 21.8. The maximum Gasteiger partial charge on any atom is 0.349 e. The minimum atomic E-state index is -0.675. The third kappa shape index (κ3) is 4.11. The van der Waals surface area contributed by atoms with Gasteiger partial charge in [-0.15, -0.1) is 6.42 Å². The highest BCUT2D eigenvalue weighted by Crippen LogP contribution is 2.39. The standard InChI is InChI=1S/C29H29FN4O4/c1-6-19-21(30)10-9-17-13-18(35)14-20(22(17)19)25-16(2)24-23(27(36)38-25)26(33-28(32-24)37-5)31-15-29(34(3)4)11-7-8-12-29/h1,9-10,13-14,35H,7-8,11-12,15H2,2-5H3,(H,31,32,33). The van der Waals surface area contributed by atoms with Gasteiger partial charge in [0.15, 0.2) is 0 Å². The van der Waals surface area contributed by atoms with Crippen LogP contribution in [0, 0.1) is 25.1 Å². The Labute approximate surface area is 219 Å². The van der Waals surface area contributed by atoms with E-state index in [1.807, 2.05) is 0 Å². The van der Waals surface area contributed by atoms with Crippen LogP contribution in [-0.2, 0) is 0 Å². The number of benzene rings is 2. The van der Waals surface area contributed by atoms with Gasteiger partial charge in [0, 0.05) is 28.6 Å². The number of hydrogen-bond donors (Lipinski definition) is 2. The van der Waals surface area contributed by atoms with Crippen LogP contribution in [0.15, 0.2) is 33.5 Å². The monoisotopic (exact) mass is 516 g/mol. The number of rotatable bonds is 6. The normalized spacial score (nSPS) is 14.8. The molecule has 1 fully saturated rings. The number of methoxy groups -OCH3 is 1. The number of phenolic OH excluding ortho intramolecular Hbond substituents is 1. The predicted octanol–water partition coefficient (Wildman–Crippen LogP) is 4.83. The molecule has 0 radical (unpaired) electrons. The molecule has 1 aliphatic carbocycles. The number of hydrogen-bond acceptors (Lipinski definition) is 8. The van der Waals surface area contributed by atoms with Crippen molar-refractivity contribution >= 4 is 27.5 Å². The Hall–Kier alpha value is -4.16. The molecule has 8 nitrogen and oxygen atoms in total. The van der Waals surface area contributed by atoms with Gasteiger partial charge in [0.25, 0.3) is 0 Å². The molecule has 1 saturated carbocycles. The van der Waals surface area contributed by atoms with E-state index in [-0.39, 0.29) is 39.6 Å². The molecule has 4 aromatic rings. The van der Waals surface area contributed by atoms with E-state index in [0.29, 0.717) is 34.2 Å². The molecule has 0 atom stereocenters. The molecule has 2 heterocycles. The van der Waals surface area contributed by atoms with E-state index in [9.17, 15) is 14.3 Å². The van der Waals surface area contributed by atoms with Crippen molar-refractivity contribution in [3.05, 3.63) is 51.6 Å². The first-order chi connectivity index (χ1) is 18.2. The number of aromatic nitrogens is 2. The van der Waals surface area contributed by atoms with Gasteiger partial charge in [0.05, 0.1) is 18.2 Å². The van der Waals surface area contributed by atoms with E-state index in [1.54, 1.807) is 6.92 Å². The first kappa shape index (κ1) is 25.5. The Kier molecular flexibility index (Phi) is 6.45. The summed E-state index contributed by atoms with van der Waals surface area (Å²) < 4.78 is 25.9. The van der Waals surface area contributed by atoms with E-state index in [0.717, 1.165) is 25.7 Å². The summed E-state index contributed by atoms with van der Waals surface area (Å²) in [7, 11) is 5.57. The summed E-state index contributed by atoms with van der Waals surface area (Å²) in [6.45, 7) is 2.32. The summed E-state index contributed by atoms with van der Waals surface area (Å²) in [5.74, 6) is 2.15. The number of nitrogens with zero attached hydrogens (tertiary/aromatic N) is 3. The third-order valence-electron chi connectivity index (χ3n) is 7.67. The average Bonchev–Trinajstić information content (AvgIpc) is 3.39. The van der Waals surface area contributed by atoms with Crippen LogP contribution in [0.2, 0.25) is 0 Å². The lowest BCUT2D eigenvalue weighted by molar-refractivity contribution is 0.172. The van der Waals surface area contributed by atoms with Crippen molar-refractivity contribution in [3.63, 3.8) is 0 Å². The number of halogens is 1. The first-order valence-corrected chi connectivity index (χ1v) is 12.4. The Morgan fingerprint density at radius 2 is 1.97 bits per heavy atom. The summed E-state index contributed by atoms with van der Waals surface area (Å²) in [6.07, 6.45) is 9.97. The molecule has 2 aromatic carbocycles. The van der Waals surface area contributed by atoms with Crippen LogP contribution < -0.4 is 15.7 Å². The van der Waals surface area contributed by atoms with E-state index in [1.165, 1.54) is 31.4 Å². The van der Waals surface area contributed by atoms with Crippen molar-refractivity contribution < 1.29 is 18.7 Å². The van der Waals surface area contributed by atoms with Crippen LogP contribution in [0.25, 0.3) is 33.0 Å². The molecule has 1 aliphatic rings. The topological polar surface area (TPSA) is 101 Å². The van der Waals surface area contributed by atoms with Gasteiger partial charge < -0.3 is 24.5 Å². The lowest BCUT2D eigenvalue weighted by atomic mass is 9.95. The van der Waals surface area contributed by atoms with Crippen LogP contribution in [0.5, 0.6) is 11.8 Å². The fraction of sp³-hybridized carbons (Fsp3) is 0.345. The fourth-order valence-corrected chi connectivity index (χ4v) is 5.52. The first-order valence-electron chi connectivity index (χ1n) is 12.4. The van der Waals surface area contributed by atoms with Crippen LogP contribution in [0.3, 0.4) is 0 Å². The molecule has 9 heteroatoms. The maximum atomic E-state index is 14.7. The number of terminal acetylenes is 1. The minimum Gasteiger partial charge on any atom is -0.508 e. The SMILES string of the molecule is C#Cc1c(F)ccc2cc(O)cc(-c3oc(=O)c4c(NCC5(N(C)C)CCCC5)nc(OC)nc4c3C)c12. The highest BCUT2D eigenvalue weighted by molar-refractivity contribution is 6.03. The van der Waals surface area contributed by atoms with Crippen LogP contribution in [0.1, 0.15) is 36.8 Å². The Balaban J connectivity index is 1.73. The van der Waals surface area contributed by atoms with Crippen molar-refractivity contribution in [1.29, 1.82) is 0 Å². The molecule has 2 aromatic heterocycles. The minimum absolute atomic E-state index is 0.00724. The number of likely N-dealkylation sites (N-methyl/N-ethyl adjacent to an activating group) is 1. The lowest BCUT2D eigenvalue weighted by Crippen LogP contribution is -2.47. The second kappa shape index (κ2) is 9.62. The van der Waals surface area contributed by atoms with Crippen molar-refractivity contribution in [3.8, 4) is 35.4 Å². The summed E-state index contributed by atoms with van der Waals surface area (Å²) in [6, 6.07) is 5.72. The van der Waals surface area contributed by atoms with Crippen molar-refractivity contribution in [2.24, 2.45) is 0 Å². The van der Waals surface area contributed by atoms with Crippen LogP contribution >= 0.6 is 0 Å². The van der Waals surface area contributed by atoms with Gasteiger partial charge in [-0.2, -0.15) is 9.97 Å². The molecular weight excluding hydrogens is 487 g/mol. The van der Waals surface area contributed by atoms with Crippen LogP contribution in [0.4, 0.5) is 10.2 Å². The Morgan fingerprint density at radius 3 is 2.63 bits per heavy atom. The van der Waals surface area contributed by atoms with Crippen molar-refractivity contribution in [2.75, 3.05) is 33.1 Å². The van der Waals surface area contributed by atoms with Gasteiger partial charge in [-0.1, -0.05) is 24.8 Å². The number of anilines is 1. The van der Waals surface area contributed by atoms with E-state index in [2.05, 4.69) is 40.2 Å². The van der Waals surface area contributed by atoms with Crippen molar-refractivity contribution in [1.82, 2.24) is 14.9 Å². The van der Waals surface area contributed by atoms with Gasteiger partial charge in [0.2, 0.25) is 0 Å². The smallest absolute Gasteiger partial charge is 0.349 e. The molecular formula is C29H29FN4O4. The highest BCUT2D eigenvalue weighted by atomic mass is 19.1. The van der Waals surface area contributed by atoms with Gasteiger partial charge in [-0.05, 0) is 57.4 Å². The Morgan fingerprint density at radius 1 is 1.24 bits per heavy atom. The summed E-state index contributed by atoms with van der Waals surface area (Å²) >= 11 is 0. The lowest BCUT2D eigenvalue weighted by Gasteiger charge is -2.36. The summed E-state index contributed by atoms with van der Waals surface area (Å²) in [5.41, 5.74) is 0.375. The van der Waals surface area contributed by atoms with Crippen molar-refractivity contribution in [2.45, 2.75) is 38.1 Å². The van der Waals surface area contributed by atoms with Gasteiger partial charge in [-0.3, -0.25) is 0 Å². The predicted molar refractivity (Wildman–Crippen MR) is 145 cm³/mol. The highest BCUT2D eigenvalue weighted by Gasteiger charge is 2.36. The second-order valence-corrected chi connectivity index (χ2v) is 9.96. The second-order valence-electron chi connectivity index (χ2n) is 9.96. The maximum absolute atomic E-state index is 14.7. The molecule has 0 saturated heterocycles. The molecule has 2 N–H and O–H groups in total. The van der Waals surface area contributed by atoms with E-state index >= 15 is 0 Å². The molecule has 0 bridgehead atoms. The molecule has 0 aliphatic heterocycles. The summed E-state index contributed by atoms with van der Waals surface area (Å²) in [5, 5.41) is 14.8. The third-order valence-corrected chi connectivity index (χ3v) is 7.67. The fourth-order valence-electron chi connectivity index (χ4n) is 5.52. The molecule has 196 valence electrons. The molecule has 5 rings (SSSR count). The molecule has 0 amide bonds. The number of fused-ring (bicyclic) bond motifs is 2. The molecule has 0 unspecified atom stereocenters. The van der Waals surface area contributed by atoms with E-state index < -0.39 is 11.4 Å². The van der Waals surface area contributed by atoms with Gasteiger partial charge >= 0.3 is 11.6 Å². The number of nitrogens with one attached hydrogen (secondary N) is 1. The van der Waals surface area contributed by atoms with Gasteiger partial charge in [0.1, 0.15) is 28.5 Å². The van der Waals surface area contributed by atoms with Crippen LogP contribution in [-0.4, -0.2) is 53.3 Å².